The number of nitrogens with zero attached hydrogens (tertiary/aromatic N) is 1. The van der Waals surface area contributed by atoms with Gasteiger partial charge < -0.3 is 4.74 Å². The van der Waals surface area contributed by atoms with Gasteiger partial charge in [0.25, 0.3) is 0 Å². The lowest BCUT2D eigenvalue weighted by molar-refractivity contribution is -0.528. The van der Waals surface area contributed by atoms with E-state index in [-0.39, 0.29) is 23.2 Å². The average Bonchev–Trinajstić information content (AvgIpc) is 2.52. The molecule has 1 rings (SSSR count). The summed E-state index contributed by atoms with van der Waals surface area (Å²) in [4.78, 5) is 21.5. The highest BCUT2D eigenvalue weighted by molar-refractivity contribution is 5.69. The second kappa shape index (κ2) is 4.93. The summed E-state index contributed by atoms with van der Waals surface area (Å²) < 4.78 is 4.77. The van der Waals surface area contributed by atoms with Crippen LogP contribution < -0.4 is 0 Å². The van der Waals surface area contributed by atoms with Crippen LogP contribution in [0.1, 0.15) is 32.6 Å². The first-order valence-corrected chi connectivity index (χ1v) is 4.94. The first-order chi connectivity index (χ1) is 6.65. The molecule has 5 nitrogen and oxygen atoms in total. The molecule has 2 atom stereocenters. The fraction of sp³-hybridized carbons (Fsp3) is 0.889. The van der Waals surface area contributed by atoms with Gasteiger partial charge in [-0.15, -0.1) is 0 Å². The Bertz CT molecular complexity index is 229. The van der Waals surface area contributed by atoms with E-state index in [9.17, 15) is 14.9 Å². The third kappa shape index (κ3) is 2.68. The van der Waals surface area contributed by atoms with Gasteiger partial charge in [0, 0.05) is 17.3 Å². The molecule has 0 N–H and O–H groups in total. The Morgan fingerprint density at radius 2 is 2.29 bits per heavy atom. The fourth-order valence-corrected chi connectivity index (χ4v) is 1.97. The summed E-state index contributed by atoms with van der Waals surface area (Å²) in [6, 6.07) is -0.542. The van der Waals surface area contributed by atoms with Gasteiger partial charge in [-0.05, 0) is 19.8 Å². The van der Waals surface area contributed by atoms with Crippen LogP contribution in [0.5, 0.6) is 0 Å². The number of ether oxygens (including phenoxy) is 1. The lowest BCUT2D eigenvalue weighted by atomic mass is 10.0. The van der Waals surface area contributed by atoms with Crippen molar-refractivity contribution in [3.8, 4) is 0 Å². The molecule has 1 fully saturated rings. The Hall–Kier alpha value is -1.13. The van der Waals surface area contributed by atoms with Gasteiger partial charge in [-0.3, -0.25) is 14.9 Å². The van der Waals surface area contributed by atoms with Crippen molar-refractivity contribution >= 4 is 5.97 Å². The molecule has 1 aliphatic rings. The molecule has 1 aliphatic carbocycles. The van der Waals surface area contributed by atoms with Crippen LogP contribution in [0.4, 0.5) is 0 Å². The predicted molar refractivity (Wildman–Crippen MR) is 49.4 cm³/mol. The Labute approximate surface area is 82.6 Å². The SMILES string of the molecule is CCOC(=O)C[C@@H]1CCCC1[N+](=O)[O-]. The van der Waals surface area contributed by atoms with Gasteiger partial charge in [0.05, 0.1) is 13.0 Å². The molecule has 0 aliphatic heterocycles. The van der Waals surface area contributed by atoms with Crippen LogP contribution in [0.2, 0.25) is 0 Å². The topological polar surface area (TPSA) is 69.4 Å². The lowest BCUT2D eigenvalue weighted by Crippen LogP contribution is -2.26. The highest BCUT2D eigenvalue weighted by Gasteiger charge is 2.37. The van der Waals surface area contributed by atoms with Crippen molar-refractivity contribution in [3.63, 3.8) is 0 Å². The zero-order valence-corrected chi connectivity index (χ0v) is 8.27. The van der Waals surface area contributed by atoms with Crippen LogP contribution in [0.25, 0.3) is 0 Å². The first-order valence-electron chi connectivity index (χ1n) is 4.94. The zero-order valence-electron chi connectivity index (χ0n) is 8.27. The summed E-state index contributed by atoms with van der Waals surface area (Å²) in [5.74, 6) is -0.435. The van der Waals surface area contributed by atoms with Gasteiger partial charge in [0.2, 0.25) is 6.04 Å². The molecule has 0 spiro atoms. The molecule has 0 bridgehead atoms. The van der Waals surface area contributed by atoms with E-state index in [0.717, 1.165) is 12.8 Å². The number of esters is 1. The summed E-state index contributed by atoms with van der Waals surface area (Å²) in [5.41, 5.74) is 0. The number of hydrogen-bond acceptors (Lipinski definition) is 4. The van der Waals surface area contributed by atoms with Crippen molar-refractivity contribution in [1.29, 1.82) is 0 Å². The molecule has 0 saturated heterocycles. The first kappa shape index (κ1) is 10.9. The fourth-order valence-electron chi connectivity index (χ4n) is 1.97. The second-order valence-electron chi connectivity index (χ2n) is 3.55. The summed E-state index contributed by atoms with van der Waals surface area (Å²) in [6.45, 7) is 2.08. The molecule has 0 radical (unpaired) electrons. The lowest BCUT2D eigenvalue weighted by Gasteiger charge is -2.11. The van der Waals surface area contributed by atoms with Crippen LogP contribution in [-0.4, -0.2) is 23.5 Å². The maximum atomic E-state index is 11.1. The van der Waals surface area contributed by atoms with Gasteiger partial charge in [0.15, 0.2) is 0 Å². The highest BCUT2D eigenvalue weighted by atomic mass is 16.6. The van der Waals surface area contributed by atoms with Crippen molar-refractivity contribution in [2.24, 2.45) is 5.92 Å². The summed E-state index contributed by atoms with van der Waals surface area (Å²) in [6.07, 6.45) is 2.40. The quantitative estimate of drug-likeness (QED) is 0.391. The van der Waals surface area contributed by atoms with E-state index in [4.69, 9.17) is 4.74 Å². The van der Waals surface area contributed by atoms with Crippen LogP contribution in [-0.2, 0) is 9.53 Å². The molecular formula is C9H15NO4. The van der Waals surface area contributed by atoms with E-state index in [1.54, 1.807) is 6.92 Å². The van der Waals surface area contributed by atoms with E-state index in [0.29, 0.717) is 13.0 Å². The van der Waals surface area contributed by atoms with Crippen LogP contribution in [0.3, 0.4) is 0 Å². The molecule has 0 aromatic carbocycles. The Morgan fingerprint density at radius 1 is 1.57 bits per heavy atom. The molecule has 5 heteroatoms. The van der Waals surface area contributed by atoms with Crippen LogP contribution >= 0.6 is 0 Å². The van der Waals surface area contributed by atoms with Crippen molar-refractivity contribution in [2.75, 3.05) is 6.61 Å². The Kier molecular flexibility index (Phi) is 3.85. The molecule has 80 valence electrons. The number of carbonyl (C=O) groups is 1. The van der Waals surface area contributed by atoms with E-state index in [2.05, 4.69) is 0 Å². The summed E-state index contributed by atoms with van der Waals surface area (Å²) in [5, 5.41) is 10.6. The van der Waals surface area contributed by atoms with Crippen molar-refractivity contribution < 1.29 is 14.5 Å². The Balaban J connectivity index is 2.43. The standard InChI is InChI=1S/C9H15NO4/c1-2-14-9(11)6-7-4-3-5-8(7)10(12)13/h7-8H,2-6H2,1H3/t7-,8?/m0/s1. The molecule has 1 saturated carbocycles. The number of carbonyl (C=O) groups excluding carboxylic acids is 1. The molecule has 1 unspecified atom stereocenters. The minimum atomic E-state index is -0.542. The number of rotatable bonds is 4. The predicted octanol–water partition coefficient (Wildman–Crippen LogP) is 1.39. The minimum absolute atomic E-state index is 0.121. The normalized spacial score (nSPS) is 26.1. The molecule has 0 amide bonds. The van der Waals surface area contributed by atoms with E-state index >= 15 is 0 Å². The monoisotopic (exact) mass is 201 g/mol. The van der Waals surface area contributed by atoms with E-state index in [1.165, 1.54) is 0 Å². The number of hydrogen-bond donors (Lipinski definition) is 0. The van der Waals surface area contributed by atoms with Crippen LogP contribution in [0, 0.1) is 16.0 Å². The molecule has 0 heterocycles. The van der Waals surface area contributed by atoms with Gasteiger partial charge in [-0.2, -0.15) is 0 Å². The van der Waals surface area contributed by atoms with E-state index < -0.39 is 6.04 Å². The number of nitro groups is 1. The van der Waals surface area contributed by atoms with E-state index in [1.807, 2.05) is 0 Å². The maximum Gasteiger partial charge on any atom is 0.306 e. The van der Waals surface area contributed by atoms with Crippen LogP contribution in [0.15, 0.2) is 0 Å². The second-order valence-corrected chi connectivity index (χ2v) is 3.55. The minimum Gasteiger partial charge on any atom is -0.466 e. The van der Waals surface area contributed by atoms with Crippen molar-refractivity contribution in [3.05, 3.63) is 10.1 Å². The largest absolute Gasteiger partial charge is 0.466 e. The molecule has 14 heavy (non-hydrogen) atoms. The summed E-state index contributed by atoms with van der Waals surface area (Å²) >= 11 is 0. The highest BCUT2D eigenvalue weighted by Crippen LogP contribution is 2.30. The van der Waals surface area contributed by atoms with Gasteiger partial charge in [-0.25, -0.2) is 0 Å². The smallest absolute Gasteiger partial charge is 0.306 e. The van der Waals surface area contributed by atoms with Gasteiger partial charge in [-0.1, -0.05) is 0 Å². The third-order valence-corrected chi connectivity index (χ3v) is 2.62. The third-order valence-electron chi connectivity index (χ3n) is 2.62. The van der Waals surface area contributed by atoms with Crippen molar-refractivity contribution in [2.45, 2.75) is 38.6 Å². The maximum absolute atomic E-state index is 11.1. The Morgan fingerprint density at radius 3 is 2.86 bits per heavy atom. The molecular weight excluding hydrogens is 186 g/mol. The van der Waals surface area contributed by atoms with Gasteiger partial charge in [0.1, 0.15) is 0 Å². The molecule has 0 aromatic heterocycles. The van der Waals surface area contributed by atoms with Gasteiger partial charge >= 0.3 is 5.97 Å². The average molecular weight is 201 g/mol. The zero-order chi connectivity index (χ0) is 10.6. The van der Waals surface area contributed by atoms with Crippen molar-refractivity contribution in [1.82, 2.24) is 0 Å². The molecule has 0 aromatic rings. The summed E-state index contributed by atoms with van der Waals surface area (Å²) in [7, 11) is 0.